The molecule has 1 N–H and O–H groups in total. The van der Waals surface area contributed by atoms with Gasteiger partial charge in [0.1, 0.15) is 5.82 Å². The molecule has 1 aromatic heterocycles. The van der Waals surface area contributed by atoms with E-state index in [2.05, 4.69) is 22.1 Å². The van der Waals surface area contributed by atoms with Crippen LogP contribution in [0, 0.1) is 24.5 Å². The molecule has 0 spiro atoms. The van der Waals surface area contributed by atoms with Crippen molar-refractivity contribution >= 4 is 17.7 Å². The fourth-order valence-corrected chi connectivity index (χ4v) is 4.48. The van der Waals surface area contributed by atoms with Crippen molar-refractivity contribution < 1.29 is 18.3 Å². The highest BCUT2D eigenvalue weighted by Gasteiger charge is 2.29. The summed E-state index contributed by atoms with van der Waals surface area (Å²) in [6, 6.07) is 10.5. The Bertz CT molecular complexity index is 1260. The Balaban J connectivity index is 1.43. The first-order valence-electron chi connectivity index (χ1n) is 12.3. The summed E-state index contributed by atoms with van der Waals surface area (Å²) in [6.07, 6.45) is 2.59. The maximum atomic E-state index is 14.4. The molecule has 0 aliphatic carbocycles. The molecule has 0 unspecified atom stereocenters. The summed E-state index contributed by atoms with van der Waals surface area (Å²) in [5, 5.41) is 2.92. The molecule has 188 valence electrons. The number of aromatic nitrogens is 2. The number of hydrogen-bond acceptors (Lipinski definition) is 5. The molecule has 0 radical (unpaired) electrons. The van der Waals surface area contributed by atoms with Crippen molar-refractivity contribution in [3.8, 4) is 11.6 Å². The van der Waals surface area contributed by atoms with Gasteiger partial charge in [0.2, 0.25) is 11.8 Å². The summed E-state index contributed by atoms with van der Waals surface area (Å²) >= 11 is 0. The smallest absolute Gasteiger partial charge is 0.322 e. The largest absolute Gasteiger partial charge is 0.435 e. The second-order valence-electron chi connectivity index (χ2n) is 9.57. The van der Waals surface area contributed by atoms with Gasteiger partial charge in [0.15, 0.2) is 11.6 Å². The molecule has 0 saturated carbocycles. The van der Waals surface area contributed by atoms with Crippen LogP contribution >= 0.6 is 0 Å². The van der Waals surface area contributed by atoms with Gasteiger partial charge in [0.05, 0.1) is 17.8 Å². The second kappa shape index (κ2) is 10.1. The zero-order valence-corrected chi connectivity index (χ0v) is 20.4. The van der Waals surface area contributed by atoms with Crippen molar-refractivity contribution in [3.05, 3.63) is 70.9 Å². The zero-order valence-electron chi connectivity index (χ0n) is 20.4. The molecular weight excluding hydrogens is 464 g/mol. The number of aryl methyl sites for hydroxylation is 1. The van der Waals surface area contributed by atoms with Crippen LogP contribution < -0.4 is 15.0 Å². The van der Waals surface area contributed by atoms with Crippen LogP contribution in [0.3, 0.4) is 0 Å². The number of urea groups is 1. The third-order valence-corrected chi connectivity index (χ3v) is 6.77. The number of ether oxygens (including phenoxy) is 1. The van der Waals surface area contributed by atoms with E-state index in [1.54, 1.807) is 4.90 Å². The van der Waals surface area contributed by atoms with E-state index in [-0.39, 0.29) is 24.2 Å². The van der Waals surface area contributed by atoms with Gasteiger partial charge in [-0.05, 0) is 49.9 Å². The Morgan fingerprint density at radius 2 is 1.81 bits per heavy atom. The van der Waals surface area contributed by atoms with Gasteiger partial charge in [0, 0.05) is 37.8 Å². The standard InChI is InChI=1S/C27H29F2N5O2/c1-17-3-6-20(7-4-17)30-27(35)34-14-11-23-21(16-34)25(36-24-8-5-19(28)15-22(24)29)32-26(31-23)33-12-9-18(2)10-13-33/h3-8,15,18H,9-14,16H2,1-2H3,(H,30,35). The number of fused-ring (bicyclic) bond motifs is 1. The molecule has 0 atom stereocenters. The van der Waals surface area contributed by atoms with Gasteiger partial charge in [-0.15, -0.1) is 0 Å². The Morgan fingerprint density at radius 1 is 1.06 bits per heavy atom. The molecule has 3 aromatic rings. The molecule has 2 amide bonds. The molecule has 2 aromatic carbocycles. The van der Waals surface area contributed by atoms with Gasteiger partial charge in [-0.25, -0.2) is 18.6 Å². The normalized spacial score (nSPS) is 16.0. The first kappa shape index (κ1) is 24.0. The summed E-state index contributed by atoms with van der Waals surface area (Å²) in [6.45, 7) is 6.56. The summed E-state index contributed by atoms with van der Waals surface area (Å²) in [4.78, 5) is 26.2. The van der Waals surface area contributed by atoms with E-state index in [1.165, 1.54) is 6.07 Å². The lowest BCUT2D eigenvalue weighted by molar-refractivity contribution is 0.205. The Hall–Kier alpha value is -3.75. The molecule has 1 fully saturated rings. The van der Waals surface area contributed by atoms with Crippen LogP contribution in [0.2, 0.25) is 0 Å². The van der Waals surface area contributed by atoms with Crippen LogP contribution in [0.15, 0.2) is 42.5 Å². The minimum atomic E-state index is -0.819. The van der Waals surface area contributed by atoms with Gasteiger partial charge in [-0.2, -0.15) is 4.98 Å². The van der Waals surface area contributed by atoms with Gasteiger partial charge in [-0.1, -0.05) is 24.6 Å². The van der Waals surface area contributed by atoms with Crippen LogP contribution in [0.25, 0.3) is 0 Å². The van der Waals surface area contributed by atoms with Crippen molar-refractivity contribution in [2.45, 2.75) is 39.7 Å². The molecule has 9 heteroatoms. The number of rotatable bonds is 4. The third-order valence-electron chi connectivity index (χ3n) is 6.77. The molecule has 0 bridgehead atoms. The molecule has 3 heterocycles. The highest BCUT2D eigenvalue weighted by Crippen LogP contribution is 2.33. The van der Waals surface area contributed by atoms with E-state index in [0.717, 1.165) is 49.3 Å². The molecule has 36 heavy (non-hydrogen) atoms. The number of piperidine rings is 1. The number of hydrogen-bond donors (Lipinski definition) is 1. The topological polar surface area (TPSA) is 70.6 Å². The molecule has 2 aliphatic heterocycles. The van der Waals surface area contributed by atoms with Crippen molar-refractivity contribution in [1.29, 1.82) is 0 Å². The van der Waals surface area contributed by atoms with Gasteiger partial charge in [0.25, 0.3) is 0 Å². The second-order valence-corrected chi connectivity index (χ2v) is 9.57. The number of carbonyl (C=O) groups excluding carboxylic acids is 1. The zero-order chi connectivity index (χ0) is 25.2. The van der Waals surface area contributed by atoms with Crippen LogP contribution in [-0.2, 0) is 13.0 Å². The Labute approximate surface area is 209 Å². The van der Waals surface area contributed by atoms with E-state index < -0.39 is 11.6 Å². The molecule has 2 aliphatic rings. The predicted molar refractivity (Wildman–Crippen MR) is 133 cm³/mol. The Kier molecular flexibility index (Phi) is 6.71. The average Bonchev–Trinajstić information content (AvgIpc) is 2.87. The lowest BCUT2D eigenvalue weighted by Crippen LogP contribution is -2.40. The van der Waals surface area contributed by atoms with Crippen molar-refractivity contribution in [2.75, 3.05) is 29.9 Å². The molecule has 1 saturated heterocycles. The number of benzene rings is 2. The predicted octanol–water partition coefficient (Wildman–Crippen LogP) is 5.68. The summed E-state index contributed by atoms with van der Waals surface area (Å²) < 4.78 is 33.8. The molecule has 7 nitrogen and oxygen atoms in total. The van der Waals surface area contributed by atoms with Crippen molar-refractivity contribution in [3.63, 3.8) is 0 Å². The summed E-state index contributed by atoms with van der Waals surface area (Å²) in [5.41, 5.74) is 3.20. The maximum Gasteiger partial charge on any atom is 0.322 e. The number of nitrogens with one attached hydrogen (secondary N) is 1. The van der Waals surface area contributed by atoms with E-state index in [4.69, 9.17) is 9.72 Å². The number of anilines is 2. The van der Waals surface area contributed by atoms with Crippen molar-refractivity contribution in [1.82, 2.24) is 14.9 Å². The first-order chi connectivity index (χ1) is 17.4. The lowest BCUT2D eigenvalue weighted by Gasteiger charge is -2.33. The van der Waals surface area contributed by atoms with Crippen LogP contribution in [0.5, 0.6) is 11.6 Å². The number of carbonyl (C=O) groups is 1. The highest BCUT2D eigenvalue weighted by atomic mass is 19.1. The van der Waals surface area contributed by atoms with Crippen molar-refractivity contribution in [2.24, 2.45) is 5.92 Å². The van der Waals surface area contributed by atoms with Crippen LogP contribution in [0.4, 0.5) is 25.2 Å². The molecule has 5 rings (SSSR count). The summed E-state index contributed by atoms with van der Waals surface area (Å²) in [5.74, 6) is -0.268. The van der Waals surface area contributed by atoms with Crippen LogP contribution in [0.1, 0.15) is 36.6 Å². The van der Waals surface area contributed by atoms with Gasteiger partial charge < -0.3 is 19.9 Å². The van der Waals surface area contributed by atoms with E-state index in [9.17, 15) is 13.6 Å². The van der Waals surface area contributed by atoms with Gasteiger partial charge >= 0.3 is 6.03 Å². The van der Waals surface area contributed by atoms with Gasteiger partial charge in [-0.3, -0.25) is 0 Å². The maximum absolute atomic E-state index is 14.4. The number of halogens is 2. The quantitative estimate of drug-likeness (QED) is 0.506. The first-order valence-corrected chi connectivity index (χ1v) is 12.3. The van der Waals surface area contributed by atoms with E-state index in [1.807, 2.05) is 31.2 Å². The monoisotopic (exact) mass is 493 g/mol. The minimum absolute atomic E-state index is 0.128. The third kappa shape index (κ3) is 5.24. The SMILES string of the molecule is Cc1ccc(NC(=O)N2CCc3nc(N4CCC(C)CC4)nc(Oc4ccc(F)cc4F)c3C2)cc1. The van der Waals surface area contributed by atoms with E-state index >= 15 is 0 Å². The fourth-order valence-electron chi connectivity index (χ4n) is 4.48. The lowest BCUT2D eigenvalue weighted by atomic mass is 9.99. The number of nitrogens with zero attached hydrogens (tertiary/aromatic N) is 4. The fraction of sp³-hybridized carbons (Fsp3) is 0.370. The molecular formula is C27H29F2N5O2. The van der Waals surface area contributed by atoms with E-state index in [0.29, 0.717) is 36.1 Å². The number of amides is 2. The Morgan fingerprint density at radius 3 is 2.53 bits per heavy atom. The summed E-state index contributed by atoms with van der Waals surface area (Å²) in [7, 11) is 0. The van der Waals surface area contributed by atoms with Crippen LogP contribution in [-0.4, -0.2) is 40.5 Å². The minimum Gasteiger partial charge on any atom is -0.435 e. The highest BCUT2D eigenvalue weighted by molar-refractivity contribution is 5.89. The average molecular weight is 494 g/mol.